The summed E-state index contributed by atoms with van der Waals surface area (Å²) in [5.41, 5.74) is 0.385. The number of methoxy groups -OCH3 is 3. The fourth-order valence-corrected chi connectivity index (χ4v) is 3.61. The van der Waals surface area contributed by atoms with Gasteiger partial charge in [0.25, 0.3) is 5.91 Å². The van der Waals surface area contributed by atoms with Crippen LogP contribution in [0.25, 0.3) is 6.08 Å². The van der Waals surface area contributed by atoms with Crippen LogP contribution in [0.5, 0.6) is 17.2 Å². The maximum absolute atomic E-state index is 12.7. The summed E-state index contributed by atoms with van der Waals surface area (Å²) in [6.45, 7) is 1.84. The van der Waals surface area contributed by atoms with E-state index in [2.05, 4.69) is 5.32 Å². The van der Waals surface area contributed by atoms with E-state index in [0.717, 1.165) is 12.8 Å². The number of nitrogens with one attached hydrogen (secondary N) is 1. The molecule has 0 spiro atoms. The van der Waals surface area contributed by atoms with E-state index in [1.165, 1.54) is 27.4 Å². The molecule has 1 N–H and O–H groups in total. The van der Waals surface area contributed by atoms with Gasteiger partial charge in [0.1, 0.15) is 5.76 Å². The summed E-state index contributed by atoms with van der Waals surface area (Å²) >= 11 is 0. The van der Waals surface area contributed by atoms with Crippen LogP contribution in [0.4, 0.5) is 0 Å². The van der Waals surface area contributed by atoms with E-state index in [1.54, 1.807) is 36.6 Å². The molecule has 3 rings (SSSR count). The minimum atomic E-state index is -0.238. The van der Waals surface area contributed by atoms with Gasteiger partial charge in [-0.1, -0.05) is 0 Å². The summed E-state index contributed by atoms with van der Waals surface area (Å²) in [5, 5.41) is 2.97. The third kappa shape index (κ3) is 5.39. The average molecular weight is 428 g/mol. The Morgan fingerprint density at radius 1 is 1.10 bits per heavy atom. The first kappa shape index (κ1) is 22.3. The van der Waals surface area contributed by atoms with Crippen LogP contribution in [0.3, 0.4) is 0 Å². The van der Waals surface area contributed by atoms with Crippen LogP contribution in [0.2, 0.25) is 0 Å². The number of carbonyl (C=O) groups is 2. The van der Waals surface area contributed by atoms with Gasteiger partial charge in [-0.05, 0) is 49.1 Å². The molecule has 0 aliphatic carbocycles. The molecule has 1 aliphatic heterocycles. The molecule has 2 amide bonds. The van der Waals surface area contributed by atoms with E-state index >= 15 is 0 Å². The second-order valence-corrected chi connectivity index (χ2v) is 7.21. The van der Waals surface area contributed by atoms with Crippen LogP contribution in [-0.2, 0) is 4.79 Å². The SMILES string of the molecule is COc1ccc(C(=O)NCC2CCN(C(=O)/C=C/c3ccco3)CC2)c(OC)c1OC. The molecule has 0 bridgehead atoms. The molecule has 8 heteroatoms. The van der Waals surface area contributed by atoms with Gasteiger partial charge in [-0.25, -0.2) is 0 Å². The Bertz CT molecular complexity index is 914. The Balaban J connectivity index is 1.51. The molecule has 1 saturated heterocycles. The number of likely N-dealkylation sites (tertiary alicyclic amines) is 1. The Hall–Kier alpha value is -3.42. The van der Waals surface area contributed by atoms with Gasteiger partial charge in [-0.15, -0.1) is 0 Å². The molecule has 166 valence electrons. The van der Waals surface area contributed by atoms with Crippen molar-refractivity contribution in [2.75, 3.05) is 41.0 Å². The van der Waals surface area contributed by atoms with E-state index in [-0.39, 0.29) is 11.8 Å². The van der Waals surface area contributed by atoms with Gasteiger partial charge in [0.05, 0.1) is 33.2 Å². The molecular weight excluding hydrogens is 400 g/mol. The average Bonchev–Trinajstić information content (AvgIpc) is 3.33. The lowest BCUT2D eigenvalue weighted by Crippen LogP contribution is -2.41. The van der Waals surface area contributed by atoms with Crippen molar-refractivity contribution in [2.24, 2.45) is 5.92 Å². The summed E-state index contributed by atoms with van der Waals surface area (Å²) in [6, 6.07) is 6.91. The van der Waals surface area contributed by atoms with Crippen molar-refractivity contribution in [1.82, 2.24) is 10.2 Å². The van der Waals surface area contributed by atoms with Gasteiger partial charge in [-0.2, -0.15) is 0 Å². The summed E-state index contributed by atoms with van der Waals surface area (Å²) in [6.07, 6.45) is 6.42. The van der Waals surface area contributed by atoms with Crippen molar-refractivity contribution >= 4 is 17.9 Å². The summed E-state index contributed by atoms with van der Waals surface area (Å²) < 4.78 is 21.2. The Morgan fingerprint density at radius 3 is 2.45 bits per heavy atom. The summed E-state index contributed by atoms with van der Waals surface area (Å²) in [7, 11) is 4.52. The normalized spacial score (nSPS) is 14.5. The van der Waals surface area contributed by atoms with Crippen LogP contribution < -0.4 is 19.5 Å². The maximum atomic E-state index is 12.7. The number of amides is 2. The molecule has 2 aromatic rings. The first-order valence-electron chi connectivity index (χ1n) is 10.1. The summed E-state index contributed by atoms with van der Waals surface area (Å²) in [5.74, 6) is 1.89. The van der Waals surface area contributed by atoms with Gasteiger partial charge in [0.15, 0.2) is 11.5 Å². The van der Waals surface area contributed by atoms with Gasteiger partial charge in [0.2, 0.25) is 11.7 Å². The van der Waals surface area contributed by atoms with Crippen molar-refractivity contribution in [1.29, 1.82) is 0 Å². The van der Waals surface area contributed by atoms with Gasteiger partial charge >= 0.3 is 0 Å². The number of hydrogen-bond donors (Lipinski definition) is 1. The standard InChI is InChI=1S/C23H28N2O6/c1-28-19-8-7-18(21(29-2)22(19)30-3)23(27)24-15-16-10-12-25(13-11-16)20(26)9-6-17-5-4-14-31-17/h4-9,14,16H,10-13,15H2,1-3H3,(H,24,27)/b9-6+. The predicted molar refractivity (Wildman–Crippen MR) is 115 cm³/mol. The quantitative estimate of drug-likeness (QED) is 0.650. The first-order chi connectivity index (χ1) is 15.1. The molecule has 1 fully saturated rings. The molecule has 31 heavy (non-hydrogen) atoms. The Morgan fingerprint density at radius 2 is 1.84 bits per heavy atom. The van der Waals surface area contributed by atoms with Crippen molar-refractivity contribution in [3.63, 3.8) is 0 Å². The second kappa shape index (κ2) is 10.6. The van der Waals surface area contributed by atoms with Crippen LogP contribution in [0, 0.1) is 5.92 Å². The number of nitrogens with zero attached hydrogens (tertiary/aromatic N) is 1. The Labute approximate surface area is 181 Å². The summed E-state index contributed by atoms with van der Waals surface area (Å²) in [4.78, 5) is 26.9. The maximum Gasteiger partial charge on any atom is 0.255 e. The molecule has 1 aromatic carbocycles. The lowest BCUT2D eigenvalue weighted by atomic mass is 9.96. The molecule has 1 aliphatic rings. The van der Waals surface area contributed by atoms with E-state index in [9.17, 15) is 9.59 Å². The number of piperidine rings is 1. The second-order valence-electron chi connectivity index (χ2n) is 7.21. The van der Waals surface area contributed by atoms with Crippen LogP contribution in [0.15, 0.2) is 41.0 Å². The van der Waals surface area contributed by atoms with Gasteiger partial charge in [-0.3, -0.25) is 9.59 Å². The van der Waals surface area contributed by atoms with Gasteiger partial charge < -0.3 is 28.8 Å². The Kier molecular flexibility index (Phi) is 7.59. The van der Waals surface area contributed by atoms with Crippen LogP contribution in [-0.4, -0.2) is 57.7 Å². The molecule has 0 saturated carbocycles. The zero-order chi connectivity index (χ0) is 22.2. The molecule has 1 aromatic heterocycles. The fraction of sp³-hybridized carbons (Fsp3) is 0.391. The zero-order valence-electron chi connectivity index (χ0n) is 18.1. The van der Waals surface area contributed by atoms with Crippen molar-refractivity contribution in [3.8, 4) is 17.2 Å². The van der Waals surface area contributed by atoms with Crippen molar-refractivity contribution in [3.05, 3.63) is 47.9 Å². The molecular formula is C23H28N2O6. The first-order valence-corrected chi connectivity index (χ1v) is 10.1. The highest BCUT2D eigenvalue weighted by Crippen LogP contribution is 2.39. The van der Waals surface area contributed by atoms with Crippen molar-refractivity contribution in [2.45, 2.75) is 12.8 Å². The van der Waals surface area contributed by atoms with Crippen molar-refractivity contribution < 1.29 is 28.2 Å². The third-order valence-corrected chi connectivity index (χ3v) is 5.36. The van der Waals surface area contributed by atoms with E-state index < -0.39 is 0 Å². The number of hydrogen-bond acceptors (Lipinski definition) is 6. The predicted octanol–water partition coefficient (Wildman–Crippen LogP) is 2.99. The zero-order valence-corrected chi connectivity index (χ0v) is 18.1. The lowest BCUT2D eigenvalue weighted by molar-refractivity contribution is -0.127. The molecule has 2 heterocycles. The molecule has 8 nitrogen and oxygen atoms in total. The lowest BCUT2D eigenvalue weighted by Gasteiger charge is -2.31. The minimum Gasteiger partial charge on any atom is -0.493 e. The number of rotatable bonds is 8. The fourth-order valence-electron chi connectivity index (χ4n) is 3.61. The number of carbonyl (C=O) groups excluding carboxylic acids is 2. The van der Waals surface area contributed by atoms with Crippen LogP contribution in [0.1, 0.15) is 29.0 Å². The van der Waals surface area contributed by atoms with Crippen LogP contribution >= 0.6 is 0 Å². The largest absolute Gasteiger partial charge is 0.493 e. The number of ether oxygens (including phenoxy) is 3. The topological polar surface area (TPSA) is 90.2 Å². The molecule has 0 unspecified atom stereocenters. The van der Waals surface area contributed by atoms with E-state index in [1.807, 2.05) is 4.90 Å². The third-order valence-electron chi connectivity index (χ3n) is 5.36. The monoisotopic (exact) mass is 428 g/mol. The van der Waals surface area contributed by atoms with E-state index in [0.29, 0.717) is 54.1 Å². The highest BCUT2D eigenvalue weighted by atomic mass is 16.5. The highest BCUT2D eigenvalue weighted by molar-refractivity contribution is 5.98. The van der Waals surface area contributed by atoms with Gasteiger partial charge in [0, 0.05) is 25.7 Å². The molecule has 0 radical (unpaired) electrons. The smallest absolute Gasteiger partial charge is 0.255 e. The van der Waals surface area contributed by atoms with E-state index in [4.69, 9.17) is 18.6 Å². The number of furan rings is 1. The minimum absolute atomic E-state index is 0.0334. The molecule has 0 atom stereocenters. The highest BCUT2D eigenvalue weighted by Gasteiger charge is 2.24. The number of benzene rings is 1.